The molecule has 0 aliphatic carbocycles. The molecule has 0 saturated carbocycles. The van der Waals surface area contributed by atoms with Gasteiger partial charge in [-0.25, -0.2) is 0 Å². The van der Waals surface area contributed by atoms with E-state index in [0.717, 1.165) is 31.4 Å². The smallest absolute Gasteiger partial charge is 0.293 e. The molecule has 2 aromatic heterocycles. The van der Waals surface area contributed by atoms with E-state index >= 15 is 0 Å². The lowest BCUT2D eigenvalue weighted by atomic mass is 10.1. The lowest BCUT2D eigenvalue weighted by Gasteiger charge is -2.29. The van der Waals surface area contributed by atoms with Gasteiger partial charge in [0.15, 0.2) is 0 Å². The van der Waals surface area contributed by atoms with Crippen molar-refractivity contribution in [3.8, 4) is 0 Å². The minimum atomic E-state index is -0.134. The monoisotopic (exact) mass is 322 g/mol. The number of rotatable bonds is 2. The quantitative estimate of drug-likeness (QED) is 0.852. The molecule has 7 heteroatoms. The number of nitrogens with zero attached hydrogens (tertiary/aromatic N) is 4. The van der Waals surface area contributed by atoms with E-state index in [4.69, 9.17) is 16.1 Å². The van der Waals surface area contributed by atoms with Crippen molar-refractivity contribution in [3.05, 3.63) is 34.4 Å². The van der Waals surface area contributed by atoms with Gasteiger partial charge in [-0.15, -0.1) is 0 Å². The molecule has 1 aliphatic heterocycles. The van der Waals surface area contributed by atoms with Gasteiger partial charge in [-0.05, 0) is 19.8 Å². The molecule has 1 amide bonds. The third-order valence-corrected chi connectivity index (χ3v) is 4.40. The molecule has 22 heavy (non-hydrogen) atoms. The standard InChI is InChI=1S/C15H19ClN4O2/c1-10-8-13(22-18-10)15(21)20-7-5-3-4-6-12(20)14-11(16)9-17-19(14)2/h8-9,12H,3-7H2,1-2H3/t12-/m0/s1. The molecule has 1 saturated heterocycles. The van der Waals surface area contributed by atoms with E-state index in [2.05, 4.69) is 10.3 Å². The van der Waals surface area contributed by atoms with Crippen LogP contribution in [-0.2, 0) is 7.05 Å². The van der Waals surface area contributed by atoms with Gasteiger partial charge in [0, 0.05) is 19.7 Å². The van der Waals surface area contributed by atoms with Crippen molar-refractivity contribution in [1.82, 2.24) is 19.8 Å². The van der Waals surface area contributed by atoms with Gasteiger partial charge in [0.1, 0.15) is 0 Å². The Labute approximate surface area is 134 Å². The first-order valence-corrected chi connectivity index (χ1v) is 7.87. The minimum absolute atomic E-state index is 0.0830. The summed E-state index contributed by atoms with van der Waals surface area (Å²) in [4.78, 5) is 14.7. The zero-order chi connectivity index (χ0) is 15.7. The molecule has 1 fully saturated rings. The first-order chi connectivity index (χ1) is 10.6. The lowest BCUT2D eigenvalue weighted by Crippen LogP contribution is -2.35. The fraction of sp³-hybridized carbons (Fsp3) is 0.533. The van der Waals surface area contributed by atoms with E-state index in [9.17, 15) is 4.79 Å². The number of amides is 1. The molecule has 1 atom stereocenters. The van der Waals surface area contributed by atoms with Gasteiger partial charge in [-0.3, -0.25) is 9.48 Å². The number of carbonyl (C=O) groups excluding carboxylic acids is 1. The molecule has 0 radical (unpaired) electrons. The van der Waals surface area contributed by atoms with Crippen LogP contribution in [0.1, 0.15) is 53.7 Å². The Morgan fingerprint density at radius 1 is 1.41 bits per heavy atom. The normalized spacial score (nSPS) is 19.2. The SMILES string of the molecule is Cc1cc(C(=O)N2CCCCC[C@H]2c2c(Cl)cnn2C)on1. The largest absolute Gasteiger partial charge is 0.351 e. The fourth-order valence-electron chi connectivity index (χ4n) is 3.04. The van der Waals surface area contributed by atoms with Gasteiger partial charge >= 0.3 is 0 Å². The maximum atomic E-state index is 12.8. The predicted molar refractivity (Wildman–Crippen MR) is 81.7 cm³/mol. The summed E-state index contributed by atoms with van der Waals surface area (Å²) < 4.78 is 6.90. The summed E-state index contributed by atoms with van der Waals surface area (Å²) in [6.45, 7) is 2.49. The van der Waals surface area contributed by atoms with Crippen LogP contribution in [-0.4, -0.2) is 32.3 Å². The number of likely N-dealkylation sites (tertiary alicyclic amines) is 1. The predicted octanol–water partition coefficient (Wildman–Crippen LogP) is 3.13. The van der Waals surface area contributed by atoms with Crippen molar-refractivity contribution in [3.63, 3.8) is 0 Å². The van der Waals surface area contributed by atoms with Crippen LogP contribution >= 0.6 is 11.6 Å². The molecule has 0 unspecified atom stereocenters. The molecule has 0 spiro atoms. The molecule has 3 heterocycles. The summed E-state index contributed by atoms with van der Waals surface area (Å²) in [5, 5.41) is 8.61. The van der Waals surface area contributed by atoms with E-state index < -0.39 is 0 Å². The number of halogens is 1. The second-order valence-corrected chi connectivity index (χ2v) is 6.10. The average molecular weight is 323 g/mol. The molecule has 6 nitrogen and oxygen atoms in total. The summed E-state index contributed by atoms with van der Waals surface area (Å²) in [6, 6.07) is 1.59. The van der Waals surface area contributed by atoms with Gasteiger partial charge in [0.2, 0.25) is 5.76 Å². The van der Waals surface area contributed by atoms with E-state index in [-0.39, 0.29) is 17.7 Å². The van der Waals surface area contributed by atoms with E-state index in [1.165, 1.54) is 0 Å². The molecule has 0 aromatic carbocycles. The van der Waals surface area contributed by atoms with Crippen LogP contribution in [0.15, 0.2) is 16.8 Å². The minimum Gasteiger partial charge on any atom is -0.351 e. The molecule has 2 aromatic rings. The maximum absolute atomic E-state index is 12.8. The number of aromatic nitrogens is 3. The van der Waals surface area contributed by atoms with Crippen LogP contribution < -0.4 is 0 Å². The number of aryl methyl sites for hydroxylation is 2. The Bertz CT molecular complexity index is 659. The molecule has 118 valence electrons. The Hall–Kier alpha value is -1.82. The summed E-state index contributed by atoms with van der Waals surface area (Å²) in [6.07, 6.45) is 5.64. The highest BCUT2D eigenvalue weighted by Crippen LogP contribution is 2.34. The summed E-state index contributed by atoms with van der Waals surface area (Å²) in [7, 11) is 1.85. The second kappa shape index (κ2) is 6.12. The van der Waals surface area contributed by atoms with E-state index in [1.54, 1.807) is 23.9 Å². The highest BCUT2D eigenvalue weighted by atomic mass is 35.5. The van der Waals surface area contributed by atoms with Crippen molar-refractivity contribution in [1.29, 1.82) is 0 Å². The van der Waals surface area contributed by atoms with Crippen molar-refractivity contribution in [2.75, 3.05) is 6.54 Å². The molecular formula is C15H19ClN4O2. The molecule has 0 N–H and O–H groups in total. The Morgan fingerprint density at radius 2 is 2.23 bits per heavy atom. The second-order valence-electron chi connectivity index (χ2n) is 5.70. The fourth-order valence-corrected chi connectivity index (χ4v) is 3.33. The highest BCUT2D eigenvalue weighted by molar-refractivity contribution is 6.31. The molecular weight excluding hydrogens is 304 g/mol. The number of hydrogen-bond donors (Lipinski definition) is 0. The summed E-state index contributed by atoms with van der Waals surface area (Å²) in [5.41, 5.74) is 1.58. The zero-order valence-electron chi connectivity index (χ0n) is 12.8. The Kier molecular flexibility index (Phi) is 4.20. The summed E-state index contributed by atoms with van der Waals surface area (Å²) in [5.74, 6) is 0.146. The molecule has 0 bridgehead atoms. The van der Waals surface area contributed by atoms with Crippen molar-refractivity contribution < 1.29 is 9.32 Å². The van der Waals surface area contributed by atoms with Crippen LogP contribution in [0.2, 0.25) is 5.02 Å². The van der Waals surface area contributed by atoms with Crippen molar-refractivity contribution >= 4 is 17.5 Å². The van der Waals surface area contributed by atoms with Gasteiger partial charge in [-0.1, -0.05) is 29.6 Å². The lowest BCUT2D eigenvalue weighted by molar-refractivity contribution is 0.0631. The van der Waals surface area contributed by atoms with Gasteiger partial charge in [0.25, 0.3) is 5.91 Å². The van der Waals surface area contributed by atoms with Crippen molar-refractivity contribution in [2.45, 2.75) is 38.6 Å². The highest BCUT2D eigenvalue weighted by Gasteiger charge is 2.32. The average Bonchev–Trinajstić information content (AvgIpc) is 2.97. The van der Waals surface area contributed by atoms with Crippen LogP contribution in [0, 0.1) is 6.92 Å². The Morgan fingerprint density at radius 3 is 2.86 bits per heavy atom. The maximum Gasteiger partial charge on any atom is 0.293 e. The molecule has 3 rings (SSSR count). The first kappa shape index (κ1) is 15.1. The third-order valence-electron chi connectivity index (χ3n) is 4.11. The molecule has 1 aliphatic rings. The topological polar surface area (TPSA) is 64.2 Å². The first-order valence-electron chi connectivity index (χ1n) is 7.49. The number of hydrogen-bond acceptors (Lipinski definition) is 4. The van der Waals surface area contributed by atoms with E-state index in [1.807, 2.05) is 11.9 Å². The van der Waals surface area contributed by atoms with Crippen LogP contribution in [0.3, 0.4) is 0 Å². The Balaban J connectivity index is 1.96. The zero-order valence-corrected chi connectivity index (χ0v) is 13.5. The summed E-state index contributed by atoms with van der Waals surface area (Å²) >= 11 is 6.29. The van der Waals surface area contributed by atoms with Gasteiger partial charge in [0.05, 0.1) is 28.6 Å². The van der Waals surface area contributed by atoms with Crippen LogP contribution in [0.4, 0.5) is 0 Å². The van der Waals surface area contributed by atoms with E-state index in [0.29, 0.717) is 17.3 Å². The number of carbonyl (C=O) groups is 1. The van der Waals surface area contributed by atoms with Crippen molar-refractivity contribution in [2.24, 2.45) is 7.05 Å². The van der Waals surface area contributed by atoms with Crippen LogP contribution in [0.5, 0.6) is 0 Å². The van der Waals surface area contributed by atoms with Gasteiger partial charge < -0.3 is 9.42 Å². The third kappa shape index (κ3) is 2.75. The van der Waals surface area contributed by atoms with Crippen LogP contribution in [0.25, 0.3) is 0 Å². The van der Waals surface area contributed by atoms with Gasteiger partial charge in [-0.2, -0.15) is 5.10 Å².